The summed E-state index contributed by atoms with van der Waals surface area (Å²) in [7, 11) is 0. The molecule has 0 radical (unpaired) electrons. The Morgan fingerprint density at radius 3 is 2.44 bits per heavy atom. The van der Waals surface area contributed by atoms with Gasteiger partial charge in [0, 0.05) is 19.4 Å². The van der Waals surface area contributed by atoms with Crippen molar-refractivity contribution in [2.75, 3.05) is 13.2 Å². The topological polar surface area (TPSA) is 63.6 Å². The molecule has 1 unspecified atom stereocenters. The molecule has 0 aromatic heterocycles. The molecule has 18 heavy (non-hydrogen) atoms. The van der Waals surface area contributed by atoms with Crippen LogP contribution in [0.5, 0.6) is 0 Å². The van der Waals surface area contributed by atoms with Crippen molar-refractivity contribution in [1.82, 2.24) is 0 Å². The third-order valence-electron chi connectivity index (χ3n) is 3.01. The second kappa shape index (κ2) is 11.2. The number of Topliss-reactive ketones (excluding diaryl/α,β-unsaturated/α-hetero) is 1. The van der Waals surface area contributed by atoms with Crippen LogP contribution in [-0.4, -0.2) is 30.1 Å². The summed E-state index contributed by atoms with van der Waals surface area (Å²) >= 11 is 0. The molecule has 0 heterocycles. The van der Waals surface area contributed by atoms with Crippen molar-refractivity contribution in [1.29, 1.82) is 0 Å². The average molecular weight is 258 g/mol. The lowest BCUT2D eigenvalue weighted by Crippen LogP contribution is -2.15. The highest BCUT2D eigenvalue weighted by Gasteiger charge is 2.08. The van der Waals surface area contributed by atoms with Crippen LogP contribution < -0.4 is 0 Å². The summed E-state index contributed by atoms with van der Waals surface area (Å²) in [5.74, 6) is -0.312. The standard InChI is InChI=1S/C14H26O4/c1-3-5-7-12(4-2)10-18-11-13(15)8-6-9-14(16)17/h12H,3-11H2,1-2H3,(H,16,17). The molecule has 4 nitrogen and oxygen atoms in total. The van der Waals surface area contributed by atoms with E-state index in [0.29, 0.717) is 25.4 Å². The minimum atomic E-state index is -0.852. The van der Waals surface area contributed by atoms with E-state index < -0.39 is 5.97 Å². The largest absolute Gasteiger partial charge is 0.481 e. The van der Waals surface area contributed by atoms with Gasteiger partial charge in [-0.1, -0.05) is 33.1 Å². The van der Waals surface area contributed by atoms with Crippen molar-refractivity contribution >= 4 is 11.8 Å². The summed E-state index contributed by atoms with van der Waals surface area (Å²) in [6, 6.07) is 0. The summed E-state index contributed by atoms with van der Waals surface area (Å²) in [5.41, 5.74) is 0. The van der Waals surface area contributed by atoms with Gasteiger partial charge in [-0.25, -0.2) is 0 Å². The zero-order valence-electron chi connectivity index (χ0n) is 11.6. The van der Waals surface area contributed by atoms with Gasteiger partial charge in [0.25, 0.3) is 0 Å². The zero-order chi connectivity index (χ0) is 13.8. The Labute approximate surface area is 110 Å². The van der Waals surface area contributed by atoms with Gasteiger partial charge in [-0.15, -0.1) is 0 Å². The first-order valence-corrected chi connectivity index (χ1v) is 6.91. The van der Waals surface area contributed by atoms with Gasteiger partial charge in [0.2, 0.25) is 0 Å². The maximum absolute atomic E-state index is 11.4. The Kier molecular flexibility index (Phi) is 10.6. The van der Waals surface area contributed by atoms with Gasteiger partial charge in [-0.3, -0.25) is 9.59 Å². The van der Waals surface area contributed by atoms with E-state index in [1.54, 1.807) is 0 Å². The van der Waals surface area contributed by atoms with E-state index in [1.807, 2.05) is 0 Å². The molecule has 1 N–H and O–H groups in total. The SMILES string of the molecule is CCCCC(CC)COCC(=O)CCCC(=O)O. The van der Waals surface area contributed by atoms with E-state index in [2.05, 4.69) is 13.8 Å². The van der Waals surface area contributed by atoms with Crippen LogP contribution in [0.4, 0.5) is 0 Å². The lowest BCUT2D eigenvalue weighted by Gasteiger charge is -2.14. The Hall–Kier alpha value is -0.900. The highest BCUT2D eigenvalue weighted by atomic mass is 16.5. The summed E-state index contributed by atoms with van der Waals surface area (Å²) in [6.07, 6.45) is 5.38. The quantitative estimate of drug-likeness (QED) is 0.584. The molecule has 0 aliphatic rings. The van der Waals surface area contributed by atoms with E-state index in [4.69, 9.17) is 9.84 Å². The third-order valence-corrected chi connectivity index (χ3v) is 3.01. The molecule has 0 saturated carbocycles. The normalized spacial score (nSPS) is 12.3. The van der Waals surface area contributed by atoms with E-state index in [0.717, 1.165) is 12.8 Å². The van der Waals surface area contributed by atoms with Crippen LogP contribution in [-0.2, 0) is 14.3 Å². The second-order valence-electron chi connectivity index (χ2n) is 4.72. The van der Waals surface area contributed by atoms with E-state index >= 15 is 0 Å². The van der Waals surface area contributed by atoms with Crippen LogP contribution in [0.2, 0.25) is 0 Å². The fraction of sp³-hybridized carbons (Fsp3) is 0.857. The molecule has 0 fully saturated rings. The molecule has 0 spiro atoms. The Bertz CT molecular complexity index is 238. The Morgan fingerprint density at radius 1 is 1.17 bits per heavy atom. The number of hydrogen-bond donors (Lipinski definition) is 1. The molecule has 0 aromatic rings. The van der Waals surface area contributed by atoms with Gasteiger partial charge < -0.3 is 9.84 Å². The number of aliphatic carboxylic acids is 1. The van der Waals surface area contributed by atoms with Gasteiger partial charge in [-0.05, 0) is 18.8 Å². The zero-order valence-corrected chi connectivity index (χ0v) is 11.6. The molecule has 106 valence electrons. The molecule has 0 saturated heterocycles. The van der Waals surface area contributed by atoms with Crippen molar-refractivity contribution in [3.05, 3.63) is 0 Å². The Balaban J connectivity index is 3.55. The lowest BCUT2D eigenvalue weighted by atomic mass is 10.0. The van der Waals surface area contributed by atoms with Gasteiger partial charge in [0.05, 0.1) is 0 Å². The first-order chi connectivity index (χ1) is 8.60. The van der Waals surface area contributed by atoms with Gasteiger partial charge in [0.15, 0.2) is 5.78 Å². The molecule has 4 heteroatoms. The van der Waals surface area contributed by atoms with Gasteiger partial charge in [0.1, 0.15) is 6.61 Å². The van der Waals surface area contributed by atoms with E-state index in [1.165, 1.54) is 12.8 Å². The lowest BCUT2D eigenvalue weighted by molar-refractivity contribution is -0.137. The monoisotopic (exact) mass is 258 g/mol. The summed E-state index contributed by atoms with van der Waals surface area (Å²) < 4.78 is 5.41. The number of rotatable bonds is 12. The maximum atomic E-state index is 11.4. The molecule has 0 rings (SSSR count). The number of ketones is 1. The minimum Gasteiger partial charge on any atom is -0.481 e. The third kappa shape index (κ3) is 10.3. The molecule has 0 aliphatic carbocycles. The fourth-order valence-electron chi connectivity index (χ4n) is 1.75. The number of hydrogen-bond acceptors (Lipinski definition) is 3. The maximum Gasteiger partial charge on any atom is 0.303 e. The number of carbonyl (C=O) groups is 2. The molecular formula is C14H26O4. The van der Waals surface area contributed by atoms with Crippen LogP contribution in [0, 0.1) is 5.92 Å². The smallest absolute Gasteiger partial charge is 0.303 e. The van der Waals surface area contributed by atoms with E-state index in [-0.39, 0.29) is 18.8 Å². The van der Waals surface area contributed by atoms with Crippen LogP contribution in [0.15, 0.2) is 0 Å². The van der Waals surface area contributed by atoms with Crippen molar-refractivity contribution in [3.63, 3.8) is 0 Å². The van der Waals surface area contributed by atoms with E-state index in [9.17, 15) is 9.59 Å². The summed E-state index contributed by atoms with van der Waals surface area (Å²) in [5, 5.41) is 8.45. The number of carboxylic acids is 1. The van der Waals surface area contributed by atoms with Crippen LogP contribution in [0.25, 0.3) is 0 Å². The fourth-order valence-corrected chi connectivity index (χ4v) is 1.75. The number of carboxylic acid groups (broad SMARTS) is 1. The van der Waals surface area contributed by atoms with Gasteiger partial charge >= 0.3 is 5.97 Å². The van der Waals surface area contributed by atoms with Crippen LogP contribution in [0.1, 0.15) is 58.8 Å². The van der Waals surface area contributed by atoms with Crippen LogP contribution in [0.3, 0.4) is 0 Å². The molecular weight excluding hydrogens is 232 g/mol. The molecule has 1 atom stereocenters. The predicted molar refractivity (Wildman–Crippen MR) is 70.6 cm³/mol. The molecule has 0 bridgehead atoms. The number of unbranched alkanes of at least 4 members (excludes halogenated alkanes) is 1. The number of ether oxygens (including phenoxy) is 1. The molecule has 0 aromatic carbocycles. The van der Waals surface area contributed by atoms with Gasteiger partial charge in [-0.2, -0.15) is 0 Å². The first kappa shape index (κ1) is 17.1. The van der Waals surface area contributed by atoms with Crippen LogP contribution >= 0.6 is 0 Å². The number of carbonyl (C=O) groups excluding carboxylic acids is 1. The minimum absolute atomic E-state index is 0.00148. The van der Waals surface area contributed by atoms with Crippen molar-refractivity contribution in [2.45, 2.75) is 58.8 Å². The van der Waals surface area contributed by atoms with Crippen molar-refractivity contribution in [2.24, 2.45) is 5.92 Å². The second-order valence-corrected chi connectivity index (χ2v) is 4.72. The molecule has 0 aliphatic heterocycles. The Morgan fingerprint density at radius 2 is 1.89 bits per heavy atom. The average Bonchev–Trinajstić information content (AvgIpc) is 2.33. The summed E-state index contributed by atoms with van der Waals surface area (Å²) in [6.45, 7) is 5.07. The molecule has 0 amide bonds. The predicted octanol–water partition coefficient (Wildman–Crippen LogP) is 3.04. The van der Waals surface area contributed by atoms with Crippen molar-refractivity contribution < 1.29 is 19.4 Å². The highest BCUT2D eigenvalue weighted by Crippen LogP contribution is 2.12. The highest BCUT2D eigenvalue weighted by molar-refractivity contribution is 5.80. The first-order valence-electron chi connectivity index (χ1n) is 6.91. The van der Waals surface area contributed by atoms with Crippen molar-refractivity contribution in [3.8, 4) is 0 Å². The summed E-state index contributed by atoms with van der Waals surface area (Å²) in [4.78, 5) is 21.7.